The van der Waals surface area contributed by atoms with Crippen LogP contribution in [-0.2, 0) is 6.42 Å². The molecule has 0 unspecified atom stereocenters. The second-order valence-electron chi connectivity index (χ2n) is 6.73. The molecule has 0 aliphatic carbocycles. The van der Waals surface area contributed by atoms with Gasteiger partial charge in [-0.3, -0.25) is 9.78 Å². The van der Waals surface area contributed by atoms with Crippen molar-refractivity contribution in [1.82, 2.24) is 10.3 Å². The number of hydrogen-bond acceptors (Lipinski definition) is 3. The van der Waals surface area contributed by atoms with Gasteiger partial charge in [-0.15, -0.1) is 0 Å². The summed E-state index contributed by atoms with van der Waals surface area (Å²) < 4.78 is 4.94. The smallest absolute Gasteiger partial charge is 0.408 e. The highest BCUT2D eigenvalue weighted by atomic mass is 16.4. The lowest BCUT2D eigenvalue weighted by Gasteiger charge is -2.25. The molecule has 5 heteroatoms. The largest absolute Gasteiger partial charge is 0.417 e. The number of benzene rings is 2. The Bertz CT molecular complexity index is 907. The zero-order valence-corrected chi connectivity index (χ0v) is 13.8. The highest BCUT2D eigenvalue weighted by Crippen LogP contribution is 2.21. The summed E-state index contributed by atoms with van der Waals surface area (Å²) in [4.78, 5) is 26.1. The number of nitrogens with one attached hydrogen (secondary N) is 2. The third kappa shape index (κ3) is 3.74. The van der Waals surface area contributed by atoms with Crippen LogP contribution in [0.15, 0.2) is 57.7 Å². The Morgan fingerprint density at radius 1 is 1.17 bits per heavy atom. The Kier molecular flexibility index (Phi) is 4.25. The molecule has 0 fully saturated rings. The summed E-state index contributed by atoms with van der Waals surface area (Å²) in [5.41, 5.74) is 2.65. The summed E-state index contributed by atoms with van der Waals surface area (Å²) in [6.07, 6.45) is 0.877. The number of carbonyl (C=O) groups excluding carboxylic acids is 1. The number of aromatic amines is 1. The summed E-state index contributed by atoms with van der Waals surface area (Å²) in [6, 6.07) is 15.1. The van der Waals surface area contributed by atoms with Crippen molar-refractivity contribution < 1.29 is 9.21 Å². The molecule has 24 heavy (non-hydrogen) atoms. The predicted octanol–water partition coefficient (Wildman–Crippen LogP) is 3.12. The van der Waals surface area contributed by atoms with Gasteiger partial charge in [0.1, 0.15) is 0 Å². The first-order chi connectivity index (χ1) is 11.4. The SMILES string of the molecule is CC(C)(CNC(=O)c1ccc2oc(=O)[nH]c2c1)Cc1ccccc1. The highest BCUT2D eigenvalue weighted by molar-refractivity contribution is 5.97. The van der Waals surface area contributed by atoms with Crippen molar-refractivity contribution in [2.45, 2.75) is 20.3 Å². The van der Waals surface area contributed by atoms with E-state index < -0.39 is 5.76 Å². The maximum absolute atomic E-state index is 12.4. The number of oxazole rings is 1. The van der Waals surface area contributed by atoms with E-state index in [-0.39, 0.29) is 11.3 Å². The molecule has 0 atom stereocenters. The first-order valence-electron chi connectivity index (χ1n) is 7.88. The van der Waals surface area contributed by atoms with Crippen molar-refractivity contribution in [3.05, 3.63) is 70.2 Å². The van der Waals surface area contributed by atoms with E-state index in [1.54, 1.807) is 18.2 Å². The molecular formula is C19H20N2O3. The van der Waals surface area contributed by atoms with Crippen LogP contribution in [0.2, 0.25) is 0 Å². The lowest BCUT2D eigenvalue weighted by atomic mass is 9.85. The molecule has 2 N–H and O–H groups in total. The van der Waals surface area contributed by atoms with Gasteiger partial charge in [0.15, 0.2) is 5.58 Å². The van der Waals surface area contributed by atoms with Crippen molar-refractivity contribution in [3.63, 3.8) is 0 Å². The number of hydrogen-bond donors (Lipinski definition) is 2. The summed E-state index contributed by atoms with van der Waals surface area (Å²) in [5, 5.41) is 2.97. The number of amides is 1. The van der Waals surface area contributed by atoms with Crippen LogP contribution in [0.5, 0.6) is 0 Å². The van der Waals surface area contributed by atoms with Gasteiger partial charge in [0, 0.05) is 12.1 Å². The van der Waals surface area contributed by atoms with E-state index in [1.165, 1.54) is 5.56 Å². The number of fused-ring (bicyclic) bond motifs is 1. The van der Waals surface area contributed by atoms with Crippen LogP contribution in [0, 0.1) is 5.41 Å². The molecule has 1 amide bonds. The van der Waals surface area contributed by atoms with Crippen LogP contribution in [0.3, 0.4) is 0 Å². The highest BCUT2D eigenvalue weighted by Gasteiger charge is 2.20. The van der Waals surface area contributed by atoms with Gasteiger partial charge < -0.3 is 9.73 Å². The minimum Gasteiger partial charge on any atom is -0.408 e. The van der Waals surface area contributed by atoms with E-state index in [4.69, 9.17) is 4.42 Å². The van der Waals surface area contributed by atoms with Crippen LogP contribution in [0.1, 0.15) is 29.8 Å². The molecule has 0 spiro atoms. The molecule has 3 rings (SSSR count). The van der Waals surface area contributed by atoms with E-state index in [1.807, 2.05) is 18.2 Å². The average Bonchev–Trinajstić information content (AvgIpc) is 2.92. The summed E-state index contributed by atoms with van der Waals surface area (Å²) in [7, 11) is 0. The fraction of sp³-hybridized carbons (Fsp3) is 0.263. The summed E-state index contributed by atoms with van der Waals surface area (Å²) in [5.74, 6) is -0.688. The Hall–Kier alpha value is -2.82. The van der Waals surface area contributed by atoms with Crippen LogP contribution in [-0.4, -0.2) is 17.4 Å². The van der Waals surface area contributed by atoms with E-state index in [0.717, 1.165) is 6.42 Å². The van der Waals surface area contributed by atoms with E-state index >= 15 is 0 Å². The molecule has 0 radical (unpaired) electrons. The van der Waals surface area contributed by atoms with Gasteiger partial charge in [-0.05, 0) is 35.6 Å². The molecule has 1 aromatic heterocycles. The third-order valence-electron chi connectivity index (χ3n) is 3.93. The van der Waals surface area contributed by atoms with Crippen molar-refractivity contribution in [3.8, 4) is 0 Å². The first-order valence-corrected chi connectivity index (χ1v) is 7.88. The summed E-state index contributed by atoms with van der Waals surface area (Å²) >= 11 is 0. The predicted molar refractivity (Wildman–Crippen MR) is 93.1 cm³/mol. The van der Waals surface area contributed by atoms with Crippen molar-refractivity contribution in [1.29, 1.82) is 0 Å². The Morgan fingerprint density at radius 3 is 2.67 bits per heavy atom. The molecule has 0 bridgehead atoms. The van der Waals surface area contributed by atoms with Gasteiger partial charge in [0.05, 0.1) is 5.52 Å². The van der Waals surface area contributed by atoms with Gasteiger partial charge in [-0.2, -0.15) is 0 Å². The second kappa shape index (κ2) is 6.35. The number of carbonyl (C=O) groups is 1. The van der Waals surface area contributed by atoms with Crippen molar-refractivity contribution in [2.75, 3.05) is 6.54 Å². The van der Waals surface area contributed by atoms with Gasteiger partial charge in [0.25, 0.3) is 5.91 Å². The quantitative estimate of drug-likeness (QED) is 0.757. The maximum atomic E-state index is 12.4. The molecule has 0 saturated heterocycles. The van der Waals surface area contributed by atoms with Crippen molar-refractivity contribution in [2.24, 2.45) is 5.41 Å². The van der Waals surface area contributed by atoms with Gasteiger partial charge in [-0.25, -0.2) is 4.79 Å². The normalized spacial score (nSPS) is 11.6. The average molecular weight is 324 g/mol. The van der Waals surface area contributed by atoms with Crippen molar-refractivity contribution >= 4 is 17.0 Å². The van der Waals surface area contributed by atoms with Crippen LogP contribution in [0.4, 0.5) is 0 Å². The molecule has 124 valence electrons. The summed E-state index contributed by atoms with van der Waals surface area (Å²) in [6.45, 7) is 4.80. The molecule has 3 aromatic rings. The van der Waals surface area contributed by atoms with Crippen LogP contribution >= 0.6 is 0 Å². The molecular weight excluding hydrogens is 304 g/mol. The lowest BCUT2D eigenvalue weighted by molar-refractivity contribution is 0.0936. The topological polar surface area (TPSA) is 75.1 Å². The molecule has 0 aliphatic heterocycles. The van der Waals surface area contributed by atoms with E-state index in [2.05, 4.69) is 36.3 Å². The maximum Gasteiger partial charge on any atom is 0.417 e. The Labute approximate surface area is 139 Å². The molecule has 5 nitrogen and oxygen atoms in total. The number of H-pyrrole nitrogens is 1. The number of aromatic nitrogens is 1. The molecule has 0 saturated carbocycles. The van der Waals surface area contributed by atoms with E-state index in [9.17, 15) is 9.59 Å². The Morgan fingerprint density at radius 2 is 1.92 bits per heavy atom. The van der Waals surface area contributed by atoms with Gasteiger partial charge >= 0.3 is 5.76 Å². The third-order valence-corrected chi connectivity index (χ3v) is 3.93. The molecule has 2 aromatic carbocycles. The molecule has 1 heterocycles. The zero-order chi connectivity index (χ0) is 17.2. The minimum atomic E-state index is -0.522. The number of rotatable bonds is 5. The minimum absolute atomic E-state index is 0.0644. The zero-order valence-electron chi connectivity index (χ0n) is 13.8. The first kappa shape index (κ1) is 16.1. The van der Waals surface area contributed by atoms with Crippen LogP contribution in [0.25, 0.3) is 11.1 Å². The second-order valence-corrected chi connectivity index (χ2v) is 6.73. The van der Waals surface area contributed by atoms with E-state index in [0.29, 0.717) is 23.2 Å². The van der Waals surface area contributed by atoms with Gasteiger partial charge in [0.2, 0.25) is 0 Å². The fourth-order valence-corrected chi connectivity index (χ4v) is 2.73. The lowest BCUT2D eigenvalue weighted by Crippen LogP contribution is -2.35. The standard InChI is InChI=1S/C19H20N2O3/c1-19(2,11-13-6-4-3-5-7-13)12-20-17(22)14-8-9-16-15(10-14)21-18(23)24-16/h3-10H,11-12H2,1-2H3,(H,20,22)(H,21,23). The van der Waals surface area contributed by atoms with Crippen LogP contribution < -0.4 is 11.1 Å². The fourth-order valence-electron chi connectivity index (χ4n) is 2.73. The Balaban J connectivity index is 1.66. The monoisotopic (exact) mass is 324 g/mol. The molecule has 0 aliphatic rings. The van der Waals surface area contributed by atoms with Gasteiger partial charge in [-0.1, -0.05) is 44.2 Å².